The molecule has 0 saturated heterocycles. The minimum Gasteiger partial charge on any atom is -0.339 e. The van der Waals surface area contributed by atoms with Gasteiger partial charge in [0, 0.05) is 32.9 Å². The predicted octanol–water partition coefficient (Wildman–Crippen LogP) is 4.00. The lowest BCUT2D eigenvalue weighted by atomic mass is 10.1. The molecule has 0 unspecified atom stereocenters. The third-order valence-corrected chi connectivity index (χ3v) is 6.19. The van der Waals surface area contributed by atoms with E-state index in [2.05, 4.69) is 115 Å². The van der Waals surface area contributed by atoms with Crippen LogP contribution in [0.1, 0.15) is 33.4 Å². The van der Waals surface area contributed by atoms with E-state index in [1.54, 1.807) is 0 Å². The standard InChI is InChI=1S/C24H26Br2N2/c25-13-19-1-5-21(6-2-19)15-27-17-23-9-11-24(12-10-23)18-28-16-22-7-3-20(14-26)4-8-22/h1-12,27-28H,13-18H2/p+2. The van der Waals surface area contributed by atoms with Gasteiger partial charge >= 0.3 is 0 Å². The Labute approximate surface area is 185 Å². The van der Waals surface area contributed by atoms with Gasteiger partial charge in [0.05, 0.1) is 0 Å². The molecule has 28 heavy (non-hydrogen) atoms. The summed E-state index contributed by atoms with van der Waals surface area (Å²) in [6, 6.07) is 26.7. The van der Waals surface area contributed by atoms with Crippen molar-refractivity contribution in [2.24, 2.45) is 0 Å². The first-order valence-electron chi connectivity index (χ1n) is 9.75. The summed E-state index contributed by atoms with van der Waals surface area (Å²) in [4.78, 5) is 0. The monoisotopic (exact) mass is 502 g/mol. The first-order valence-corrected chi connectivity index (χ1v) is 12.0. The van der Waals surface area contributed by atoms with E-state index < -0.39 is 0 Å². The summed E-state index contributed by atoms with van der Waals surface area (Å²) in [5, 5.41) is 6.57. The number of nitrogens with two attached hydrogens (primary N) is 2. The molecule has 0 heterocycles. The molecule has 4 N–H and O–H groups in total. The number of rotatable bonds is 10. The van der Waals surface area contributed by atoms with Gasteiger partial charge in [-0.15, -0.1) is 0 Å². The fourth-order valence-corrected chi connectivity index (χ4v) is 3.90. The van der Waals surface area contributed by atoms with Crippen molar-refractivity contribution < 1.29 is 10.6 Å². The second kappa shape index (κ2) is 11.5. The van der Waals surface area contributed by atoms with Gasteiger partial charge in [-0.2, -0.15) is 0 Å². The Bertz CT molecular complexity index is 755. The average Bonchev–Trinajstić information content (AvgIpc) is 2.76. The lowest BCUT2D eigenvalue weighted by molar-refractivity contribution is -0.686. The van der Waals surface area contributed by atoms with Gasteiger partial charge < -0.3 is 10.6 Å². The molecular weight excluding hydrogens is 476 g/mol. The molecule has 0 saturated carbocycles. The lowest BCUT2D eigenvalue weighted by Gasteiger charge is -2.06. The Balaban J connectivity index is 1.38. The minimum absolute atomic E-state index is 0.921. The van der Waals surface area contributed by atoms with Crippen LogP contribution in [0.25, 0.3) is 0 Å². The zero-order chi connectivity index (χ0) is 19.6. The van der Waals surface area contributed by atoms with Crippen molar-refractivity contribution in [1.82, 2.24) is 0 Å². The number of hydrogen-bond acceptors (Lipinski definition) is 0. The molecule has 0 aliphatic rings. The maximum Gasteiger partial charge on any atom is 0.101 e. The molecule has 3 rings (SSSR count). The lowest BCUT2D eigenvalue weighted by Crippen LogP contribution is -2.81. The van der Waals surface area contributed by atoms with Crippen LogP contribution in [0, 0.1) is 0 Å². The van der Waals surface area contributed by atoms with Crippen molar-refractivity contribution >= 4 is 31.9 Å². The van der Waals surface area contributed by atoms with Crippen LogP contribution in [-0.4, -0.2) is 0 Å². The van der Waals surface area contributed by atoms with Crippen LogP contribution >= 0.6 is 31.9 Å². The van der Waals surface area contributed by atoms with Crippen LogP contribution in [-0.2, 0) is 36.8 Å². The third kappa shape index (κ3) is 6.85. The largest absolute Gasteiger partial charge is 0.339 e. The normalized spacial score (nSPS) is 10.9. The molecule has 0 radical (unpaired) electrons. The number of benzene rings is 3. The summed E-state index contributed by atoms with van der Waals surface area (Å²) in [6.45, 7) is 4.08. The van der Waals surface area contributed by atoms with E-state index in [0.717, 1.165) is 36.8 Å². The van der Waals surface area contributed by atoms with Crippen LogP contribution in [0.3, 0.4) is 0 Å². The second-order valence-electron chi connectivity index (χ2n) is 7.11. The summed E-state index contributed by atoms with van der Waals surface area (Å²) in [6.07, 6.45) is 0. The zero-order valence-electron chi connectivity index (χ0n) is 16.1. The van der Waals surface area contributed by atoms with Gasteiger partial charge in [-0.05, 0) is 11.1 Å². The highest BCUT2D eigenvalue weighted by Gasteiger charge is 2.01. The highest BCUT2D eigenvalue weighted by Crippen LogP contribution is 2.08. The van der Waals surface area contributed by atoms with Gasteiger partial charge in [-0.1, -0.05) is 105 Å². The molecule has 0 fully saturated rings. The smallest absolute Gasteiger partial charge is 0.101 e. The van der Waals surface area contributed by atoms with Crippen LogP contribution in [0.2, 0.25) is 0 Å². The minimum atomic E-state index is 0.921. The first kappa shape index (κ1) is 21.3. The van der Waals surface area contributed by atoms with E-state index in [1.165, 1.54) is 33.4 Å². The Kier molecular flexibility index (Phi) is 8.74. The molecule has 2 nitrogen and oxygen atoms in total. The van der Waals surface area contributed by atoms with Crippen LogP contribution in [0.15, 0.2) is 72.8 Å². The molecule has 4 heteroatoms. The number of hydrogen-bond donors (Lipinski definition) is 2. The predicted molar refractivity (Wildman–Crippen MR) is 123 cm³/mol. The molecule has 0 aliphatic heterocycles. The third-order valence-electron chi connectivity index (χ3n) is 4.90. The molecular formula is C24H28Br2N2+2. The van der Waals surface area contributed by atoms with E-state index in [-0.39, 0.29) is 0 Å². The average molecular weight is 504 g/mol. The van der Waals surface area contributed by atoms with Gasteiger partial charge in [-0.25, -0.2) is 0 Å². The zero-order valence-corrected chi connectivity index (χ0v) is 19.3. The molecule has 0 spiro atoms. The van der Waals surface area contributed by atoms with Crippen LogP contribution in [0.4, 0.5) is 0 Å². The number of halogens is 2. The maximum atomic E-state index is 3.49. The van der Waals surface area contributed by atoms with Crippen LogP contribution < -0.4 is 10.6 Å². The van der Waals surface area contributed by atoms with E-state index >= 15 is 0 Å². The Morgan fingerprint density at radius 1 is 0.393 bits per heavy atom. The Morgan fingerprint density at radius 3 is 0.821 bits per heavy atom. The summed E-state index contributed by atoms with van der Waals surface area (Å²) >= 11 is 6.98. The molecule has 0 aromatic heterocycles. The van der Waals surface area contributed by atoms with E-state index in [1.807, 2.05) is 0 Å². The van der Waals surface area contributed by atoms with Crippen molar-refractivity contribution in [2.75, 3.05) is 0 Å². The second-order valence-corrected chi connectivity index (χ2v) is 8.23. The fraction of sp³-hybridized carbons (Fsp3) is 0.250. The van der Waals surface area contributed by atoms with Gasteiger partial charge in [0.2, 0.25) is 0 Å². The van der Waals surface area contributed by atoms with E-state index in [4.69, 9.17) is 0 Å². The molecule has 3 aromatic carbocycles. The molecule has 0 amide bonds. The van der Waals surface area contributed by atoms with Crippen molar-refractivity contribution in [2.45, 2.75) is 36.8 Å². The van der Waals surface area contributed by atoms with Crippen molar-refractivity contribution in [3.63, 3.8) is 0 Å². The SMILES string of the molecule is BrCc1ccc(C[NH2+]Cc2ccc(C[NH2+]Cc3ccc(CBr)cc3)cc2)cc1. The summed E-state index contributed by atoms with van der Waals surface area (Å²) in [5.41, 5.74) is 8.16. The quantitative estimate of drug-likeness (QED) is 0.392. The molecule has 0 aliphatic carbocycles. The topological polar surface area (TPSA) is 33.2 Å². The summed E-state index contributed by atoms with van der Waals surface area (Å²) in [5.74, 6) is 0. The van der Waals surface area contributed by atoms with E-state index in [9.17, 15) is 0 Å². The summed E-state index contributed by atoms with van der Waals surface area (Å²) in [7, 11) is 0. The van der Waals surface area contributed by atoms with Crippen LogP contribution in [0.5, 0.6) is 0 Å². The van der Waals surface area contributed by atoms with Crippen molar-refractivity contribution in [3.05, 3.63) is 106 Å². The van der Waals surface area contributed by atoms with Gasteiger partial charge in [-0.3, -0.25) is 0 Å². The molecule has 0 bridgehead atoms. The first-order chi connectivity index (χ1) is 13.8. The Hall–Kier alpha value is -1.46. The van der Waals surface area contributed by atoms with Gasteiger partial charge in [0.1, 0.15) is 26.2 Å². The Morgan fingerprint density at radius 2 is 0.607 bits per heavy atom. The highest BCUT2D eigenvalue weighted by atomic mass is 79.9. The number of quaternary nitrogens is 2. The molecule has 3 aromatic rings. The van der Waals surface area contributed by atoms with Crippen molar-refractivity contribution in [3.8, 4) is 0 Å². The summed E-state index contributed by atoms with van der Waals surface area (Å²) < 4.78 is 0. The number of alkyl halides is 2. The molecule has 146 valence electrons. The van der Waals surface area contributed by atoms with Crippen molar-refractivity contribution in [1.29, 1.82) is 0 Å². The van der Waals surface area contributed by atoms with Gasteiger partial charge in [0.15, 0.2) is 0 Å². The molecule has 0 atom stereocenters. The maximum absolute atomic E-state index is 3.49. The fourth-order valence-electron chi connectivity index (χ4n) is 3.15. The van der Waals surface area contributed by atoms with E-state index in [0.29, 0.717) is 0 Å². The highest BCUT2D eigenvalue weighted by molar-refractivity contribution is 9.08. The van der Waals surface area contributed by atoms with Gasteiger partial charge in [0.25, 0.3) is 0 Å².